The van der Waals surface area contributed by atoms with E-state index in [0.717, 1.165) is 88.2 Å². The number of unbranched alkanes of at least 4 members (excludes halogenated alkanes) is 12. The van der Waals surface area contributed by atoms with Gasteiger partial charge in [0.2, 0.25) is 11.8 Å². The third-order valence-electron chi connectivity index (χ3n) is 9.33. The molecule has 1 aromatic heterocycles. The number of aromatic nitrogens is 3. The Morgan fingerprint density at radius 3 is 1.98 bits per heavy atom. The van der Waals surface area contributed by atoms with Crippen LogP contribution in [0, 0.1) is 0 Å². The zero-order valence-corrected chi connectivity index (χ0v) is 33.9. The Bertz CT molecular complexity index is 1240. The van der Waals surface area contributed by atoms with Crippen molar-refractivity contribution in [2.24, 2.45) is 0 Å². The van der Waals surface area contributed by atoms with Gasteiger partial charge in [0.25, 0.3) is 0 Å². The number of ether oxygens (including phenoxy) is 3. The third kappa shape index (κ3) is 19.2. The fourth-order valence-electron chi connectivity index (χ4n) is 5.99. The highest BCUT2D eigenvalue weighted by Crippen LogP contribution is 2.28. The number of esters is 2. The summed E-state index contributed by atoms with van der Waals surface area (Å²) >= 11 is 1.26. The minimum absolute atomic E-state index is 0.0434. The van der Waals surface area contributed by atoms with Crippen molar-refractivity contribution in [1.29, 1.82) is 0 Å². The Morgan fingerprint density at radius 2 is 1.38 bits per heavy atom. The quantitative estimate of drug-likeness (QED) is 0.0478. The van der Waals surface area contributed by atoms with Crippen LogP contribution >= 0.6 is 11.8 Å². The van der Waals surface area contributed by atoms with Crippen molar-refractivity contribution in [3.8, 4) is 0 Å². The summed E-state index contributed by atoms with van der Waals surface area (Å²) in [5, 5.41) is 53.5. The highest BCUT2D eigenvalue weighted by molar-refractivity contribution is 7.99. The maximum atomic E-state index is 13.6. The summed E-state index contributed by atoms with van der Waals surface area (Å²) in [5.41, 5.74) is 0. The number of aliphatic hydroxyl groups excluding tert-OH is 4. The van der Waals surface area contributed by atoms with Crippen LogP contribution in [0.5, 0.6) is 0 Å². The number of rotatable bonds is 30. The van der Waals surface area contributed by atoms with Crippen LogP contribution in [0.15, 0.2) is 6.20 Å². The van der Waals surface area contributed by atoms with Crippen molar-refractivity contribution >= 4 is 41.3 Å². The molecule has 316 valence electrons. The summed E-state index contributed by atoms with van der Waals surface area (Å²) in [6.07, 6.45) is 8.45. The molecule has 0 radical (unpaired) electrons. The van der Waals surface area contributed by atoms with Crippen LogP contribution in [0.4, 0.5) is 5.82 Å². The Labute approximate surface area is 330 Å². The van der Waals surface area contributed by atoms with Gasteiger partial charge in [-0.3, -0.25) is 19.2 Å². The van der Waals surface area contributed by atoms with Gasteiger partial charge in [0, 0.05) is 30.8 Å². The van der Waals surface area contributed by atoms with Crippen LogP contribution in [0.1, 0.15) is 143 Å². The molecule has 1 saturated heterocycles. The molecule has 1 aromatic rings. The number of nitrogens with one attached hydrogen (secondary N) is 2. The van der Waals surface area contributed by atoms with E-state index in [4.69, 9.17) is 14.2 Å². The molecule has 16 nitrogen and oxygen atoms in total. The molecule has 0 saturated carbocycles. The van der Waals surface area contributed by atoms with E-state index in [0.29, 0.717) is 12.8 Å². The summed E-state index contributed by atoms with van der Waals surface area (Å²) in [6.45, 7) is 5.61. The average molecular weight is 802 g/mol. The molecule has 0 aliphatic carbocycles. The number of nitrogens with zero attached hydrogens (tertiary/aromatic N) is 3. The molecule has 0 spiro atoms. The lowest BCUT2D eigenvalue weighted by molar-refractivity contribution is -0.254. The van der Waals surface area contributed by atoms with Crippen molar-refractivity contribution in [2.45, 2.75) is 179 Å². The van der Waals surface area contributed by atoms with E-state index in [1.54, 1.807) is 0 Å². The van der Waals surface area contributed by atoms with Gasteiger partial charge in [-0.05, 0) is 19.3 Å². The van der Waals surface area contributed by atoms with E-state index < -0.39 is 55.3 Å². The second-order valence-electron chi connectivity index (χ2n) is 14.2. The van der Waals surface area contributed by atoms with Crippen LogP contribution in [0.2, 0.25) is 0 Å². The van der Waals surface area contributed by atoms with E-state index in [-0.39, 0.29) is 61.0 Å². The molecular formula is C38H67N5O11S. The lowest BCUT2D eigenvalue weighted by Gasteiger charge is -2.39. The van der Waals surface area contributed by atoms with Crippen LogP contribution in [-0.2, 0) is 33.4 Å². The number of hydrogen-bond acceptors (Lipinski definition) is 14. The summed E-state index contributed by atoms with van der Waals surface area (Å²) in [6, 6.07) is -1.04. The van der Waals surface area contributed by atoms with Gasteiger partial charge in [0.15, 0.2) is 12.0 Å². The smallest absolute Gasteiger partial charge is 0.306 e. The van der Waals surface area contributed by atoms with E-state index in [2.05, 4.69) is 41.7 Å². The minimum atomic E-state index is -1.63. The van der Waals surface area contributed by atoms with Crippen LogP contribution in [0.25, 0.3) is 0 Å². The predicted molar refractivity (Wildman–Crippen MR) is 208 cm³/mol. The van der Waals surface area contributed by atoms with Crippen molar-refractivity contribution < 1.29 is 53.8 Å². The van der Waals surface area contributed by atoms with Gasteiger partial charge in [-0.25, -0.2) is 4.68 Å². The highest BCUT2D eigenvalue weighted by atomic mass is 32.2. The summed E-state index contributed by atoms with van der Waals surface area (Å²) in [5.74, 6) is -1.41. The van der Waals surface area contributed by atoms with Crippen molar-refractivity contribution in [3.63, 3.8) is 0 Å². The maximum absolute atomic E-state index is 13.6. The molecule has 6 N–H and O–H groups in total. The first-order chi connectivity index (χ1) is 26.5. The topological polar surface area (TPSA) is 232 Å². The minimum Gasteiger partial charge on any atom is -0.462 e. The largest absolute Gasteiger partial charge is 0.462 e. The molecule has 0 aromatic carbocycles. The molecule has 17 heteroatoms. The molecule has 5 unspecified atom stereocenters. The Kier molecular flexibility index (Phi) is 25.1. The van der Waals surface area contributed by atoms with Gasteiger partial charge in [0.1, 0.15) is 43.2 Å². The lowest BCUT2D eigenvalue weighted by atomic mass is 9.98. The van der Waals surface area contributed by atoms with Gasteiger partial charge in [-0.1, -0.05) is 103 Å². The van der Waals surface area contributed by atoms with Gasteiger partial charge in [-0.2, -0.15) is 11.8 Å². The average Bonchev–Trinajstić information content (AvgIpc) is 3.63. The number of anilines is 1. The van der Waals surface area contributed by atoms with Crippen LogP contribution in [-0.4, -0.2) is 120 Å². The normalized spacial score (nSPS) is 20.7. The maximum Gasteiger partial charge on any atom is 0.306 e. The summed E-state index contributed by atoms with van der Waals surface area (Å²) in [7, 11) is 0. The van der Waals surface area contributed by atoms with Gasteiger partial charge >= 0.3 is 11.9 Å². The fourth-order valence-corrected chi connectivity index (χ4v) is 7.03. The number of carbonyl (C=O) groups is 4. The summed E-state index contributed by atoms with van der Waals surface area (Å²) in [4.78, 5) is 51.8. The Balaban J connectivity index is 2.10. The van der Waals surface area contributed by atoms with Crippen molar-refractivity contribution in [3.05, 3.63) is 6.20 Å². The van der Waals surface area contributed by atoms with E-state index in [1.807, 2.05) is 0 Å². The van der Waals surface area contributed by atoms with Crippen molar-refractivity contribution in [2.75, 3.05) is 30.0 Å². The number of hydrogen-bond donors (Lipinski definition) is 6. The number of amides is 2. The van der Waals surface area contributed by atoms with Gasteiger partial charge in [-0.15, -0.1) is 5.10 Å². The van der Waals surface area contributed by atoms with Gasteiger partial charge < -0.3 is 45.3 Å². The molecule has 7 atom stereocenters. The summed E-state index contributed by atoms with van der Waals surface area (Å²) < 4.78 is 17.8. The number of carbonyl (C=O) groups excluding carboxylic acids is 4. The predicted octanol–water partition coefficient (Wildman–Crippen LogP) is 3.94. The number of aliphatic hydroxyl groups is 4. The molecule has 2 amide bonds. The second kappa shape index (κ2) is 28.5. The highest BCUT2D eigenvalue weighted by Gasteiger charge is 2.44. The lowest BCUT2D eigenvalue weighted by Crippen LogP contribution is -2.56. The molecular weight excluding hydrogens is 735 g/mol. The van der Waals surface area contributed by atoms with E-state index in [1.165, 1.54) is 18.0 Å². The molecule has 2 heterocycles. The van der Waals surface area contributed by atoms with Crippen LogP contribution < -0.4 is 10.6 Å². The standard InChI is InChI=1S/C38H67N5O11S/c1-4-7-10-13-16-19-31(45)39-28(37(51)40-30-22-43(42-41-30)38-36(50)35(49)34(48)29(23-44)54-38)26-55-25-27(53-33(47)21-18-15-12-9-6-3)24-52-32(46)20-17-14-11-8-5-2/h22,27-29,34-36,38,44,48-50H,4-21,23-26H2,1-3H3,(H,39,45)(H,40,51)/t27-,28-,29?,34?,35?,36?,38?/m1/s1. The van der Waals surface area contributed by atoms with Crippen molar-refractivity contribution in [1.82, 2.24) is 20.3 Å². The molecule has 0 bridgehead atoms. The zero-order valence-electron chi connectivity index (χ0n) is 33.1. The Hall–Kier alpha value is -2.83. The van der Waals surface area contributed by atoms with Crippen LogP contribution in [0.3, 0.4) is 0 Å². The van der Waals surface area contributed by atoms with E-state index in [9.17, 15) is 39.6 Å². The zero-order chi connectivity index (χ0) is 40.4. The second-order valence-corrected chi connectivity index (χ2v) is 15.3. The van der Waals surface area contributed by atoms with E-state index >= 15 is 0 Å². The van der Waals surface area contributed by atoms with Gasteiger partial charge in [0.05, 0.1) is 12.8 Å². The fraction of sp³-hybridized carbons (Fsp3) is 0.842. The number of thioether (sulfide) groups is 1. The Morgan fingerprint density at radius 1 is 0.800 bits per heavy atom. The molecule has 2 rings (SSSR count). The SMILES string of the molecule is CCCCCCCC(=O)N[C@H](CSC[C@@H](COC(=O)CCCCCCC)OC(=O)CCCCCCC)C(=O)Nc1cn(C2OC(CO)C(O)C(O)C2O)nn1. The first-order valence-corrected chi connectivity index (χ1v) is 21.4. The molecule has 1 aliphatic heterocycles. The molecule has 1 fully saturated rings. The monoisotopic (exact) mass is 801 g/mol. The third-order valence-corrected chi connectivity index (χ3v) is 10.5. The molecule has 55 heavy (non-hydrogen) atoms. The first-order valence-electron chi connectivity index (χ1n) is 20.3. The first kappa shape index (κ1) is 48.3. The molecule has 1 aliphatic rings.